The molecule has 4 amide bonds. The molecule has 0 atom stereocenters. The van der Waals surface area contributed by atoms with Gasteiger partial charge in [-0.3, -0.25) is 14.9 Å². The summed E-state index contributed by atoms with van der Waals surface area (Å²) in [7, 11) is 0. The van der Waals surface area contributed by atoms with Gasteiger partial charge in [-0.2, -0.15) is 0 Å². The second kappa shape index (κ2) is 8.25. The fourth-order valence-corrected chi connectivity index (χ4v) is 3.78. The van der Waals surface area contributed by atoms with Crippen molar-refractivity contribution in [2.24, 2.45) is 0 Å². The van der Waals surface area contributed by atoms with E-state index >= 15 is 0 Å². The molecular formula is C21H12Cl2IN3O3. The number of anilines is 1. The molecule has 0 radical (unpaired) electrons. The molecule has 0 unspecified atom stereocenters. The van der Waals surface area contributed by atoms with E-state index in [0.717, 1.165) is 14.2 Å². The molecule has 6 nitrogen and oxygen atoms in total. The summed E-state index contributed by atoms with van der Waals surface area (Å²) in [6, 6.07) is 15.0. The van der Waals surface area contributed by atoms with Crippen molar-refractivity contribution in [1.82, 2.24) is 9.88 Å². The number of imide groups is 2. The van der Waals surface area contributed by atoms with Crippen LogP contribution in [0.15, 0.2) is 66.4 Å². The van der Waals surface area contributed by atoms with Crippen LogP contribution in [-0.2, 0) is 9.59 Å². The summed E-state index contributed by atoms with van der Waals surface area (Å²) in [4.78, 5) is 38.7. The van der Waals surface area contributed by atoms with Crippen molar-refractivity contribution in [3.05, 3.63) is 85.7 Å². The van der Waals surface area contributed by atoms with E-state index in [1.165, 1.54) is 18.2 Å². The van der Waals surface area contributed by atoms with Crippen LogP contribution in [0.4, 0.5) is 10.5 Å². The van der Waals surface area contributed by atoms with E-state index in [1.807, 2.05) is 35.0 Å². The molecule has 4 rings (SSSR count). The molecule has 0 bridgehead atoms. The van der Waals surface area contributed by atoms with Crippen molar-refractivity contribution < 1.29 is 14.4 Å². The first-order valence-corrected chi connectivity index (χ1v) is 10.5. The van der Waals surface area contributed by atoms with Crippen LogP contribution in [0.25, 0.3) is 11.8 Å². The van der Waals surface area contributed by atoms with Gasteiger partial charge in [0.25, 0.3) is 11.8 Å². The number of nitrogens with one attached hydrogen (secondary N) is 1. The number of amides is 4. The van der Waals surface area contributed by atoms with Gasteiger partial charge in [0, 0.05) is 21.1 Å². The molecule has 1 aromatic heterocycles. The van der Waals surface area contributed by atoms with Crippen molar-refractivity contribution in [2.75, 3.05) is 4.90 Å². The summed E-state index contributed by atoms with van der Waals surface area (Å²) < 4.78 is 2.91. The summed E-state index contributed by atoms with van der Waals surface area (Å²) in [6.45, 7) is 0. The normalized spacial score (nSPS) is 15.6. The number of barbiturate groups is 1. The van der Waals surface area contributed by atoms with Crippen LogP contribution in [0.2, 0.25) is 10.0 Å². The van der Waals surface area contributed by atoms with Crippen LogP contribution in [0.1, 0.15) is 5.69 Å². The quantitative estimate of drug-likeness (QED) is 0.281. The predicted octanol–water partition coefficient (Wildman–Crippen LogP) is 5.06. The van der Waals surface area contributed by atoms with E-state index in [9.17, 15) is 14.4 Å². The number of hydrogen-bond acceptors (Lipinski definition) is 3. The Hall–Kier alpha value is -2.62. The summed E-state index contributed by atoms with van der Waals surface area (Å²) in [5, 5.41) is 2.41. The van der Waals surface area contributed by atoms with E-state index in [4.69, 9.17) is 23.2 Å². The molecule has 0 spiro atoms. The Labute approximate surface area is 195 Å². The monoisotopic (exact) mass is 551 g/mol. The zero-order valence-corrected chi connectivity index (χ0v) is 18.8. The second-order valence-corrected chi connectivity index (χ2v) is 8.34. The molecule has 30 heavy (non-hydrogen) atoms. The zero-order valence-electron chi connectivity index (χ0n) is 15.1. The predicted molar refractivity (Wildman–Crippen MR) is 124 cm³/mol. The SMILES string of the molecule is O=C1NC(=O)N(c2cccc(Cl)c2Cl)C(=O)/C1=C/c1cccn1-c1ccc(I)cc1. The first-order chi connectivity index (χ1) is 14.4. The van der Waals surface area contributed by atoms with E-state index in [0.29, 0.717) is 5.69 Å². The highest BCUT2D eigenvalue weighted by molar-refractivity contribution is 14.1. The van der Waals surface area contributed by atoms with Crippen molar-refractivity contribution in [2.45, 2.75) is 0 Å². The average molecular weight is 552 g/mol. The maximum Gasteiger partial charge on any atom is 0.336 e. The highest BCUT2D eigenvalue weighted by atomic mass is 127. The summed E-state index contributed by atoms with van der Waals surface area (Å²) >= 11 is 14.4. The number of halogens is 3. The number of urea groups is 1. The van der Waals surface area contributed by atoms with Crippen molar-refractivity contribution in [3.63, 3.8) is 0 Å². The Kier molecular flexibility index (Phi) is 5.68. The number of hydrogen-bond donors (Lipinski definition) is 1. The number of carbonyl (C=O) groups excluding carboxylic acids is 3. The summed E-state index contributed by atoms with van der Waals surface area (Å²) in [6.07, 6.45) is 3.25. The van der Waals surface area contributed by atoms with Gasteiger partial charge in [0.15, 0.2) is 0 Å². The molecule has 9 heteroatoms. The van der Waals surface area contributed by atoms with E-state index in [1.54, 1.807) is 18.2 Å². The fourth-order valence-electron chi connectivity index (χ4n) is 3.04. The minimum absolute atomic E-state index is 0.0404. The van der Waals surface area contributed by atoms with Gasteiger partial charge in [-0.15, -0.1) is 0 Å². The van der Waals surface area contributed by atoms with Gasteiger partial charge in [-0.1, -0.05) is 29.3 Å². The minimum atomic E-state index is -0.890. The van der Waals surface area contributed by atoms with Crippen molar-refractivity contribution >= 4 is 75.4 Å². The Bertz CT molecular complexity index is 1220. The summed E-state index contributed by atoms with van der Waals surface area (Å²) in [5.74, 6) is -1.57. The van der Waals surface area contributed by atoms with E-state index in [2.05, 4.69) is 27.9 Å². The smallest absolute Gasteiger partial charge is 0.317 e. The Morgan fingerprint density at radius 2 is 1.67 bits per heavy atom. The van der Waals surface area contributed by atoms with Gasteiger partial charge in [0.1, 0.15) is 5.57 Å². The molecule has 1 N–H and O–H groups in total. The minimum Gasteiger partial charge on any atom is -0.317 e. The lowest BCUT2D eigenvalue weighted by Gasteiger charge is -2.27. The van der Waals surface area contributed by atoms with Gasteiger partial charge in [-0.25, -0.2) is 9.69 Å². The van der Waals surface area contributed by atoms with Crippen LogP contribution < -0.4 is 10.2 Å². The lowest BCUT2D eigenvalue weighted by Crippen LogP contribution is -2.54. The molecule has 1 fully saturated rings. The van der Waals surface area contributed by atoms with Gasteiger partial charge < -0.3 is 4.57 Å². The highest BCUT2D eigenvalue weighted by Gasteiger charge is 2.38. The van der Waals surface area contributed by atoms with Crippen LogP contribution in [-0.4, -0.2) is 22.4 Å². The number of nitrogens with zero attached hydrogens (tertiary/aromatic N) is 2. The lowest BCUT2D eigenvalue weighted by molar-refractivity contribution is -0.122. The molecule has 1 saturated heterocycles. The molecule has 3 aromatic rings. The standard InChI is InChI=1S/C21H12Cl2IN3O3/c22-16-4-1-5-17(18(16)23)27-20(29)15(19(28)25-21(27)30)11-14-3-2-10-26(14)13-8-6-12(24)7-9-13/h1-11H,(H,25,28,30)/b15-11+. The first-order valence-electron chi connectivity index (χ1n) is 8.65. The maximum atomic E-state index is 13.1. The zero-order chi connectivity index (χ0) is 21.4. The fraction of sp³-hybridized carbons (Fsp3) is 0. The highest BCUT2D eigenvalue weighted by Crippen LogP contribution is 2.34. The van der Waals surface area contributed by atoms with Gasteiger partial charge in [0.2, 0.25) is 0 Å². The Morgan fingerprint density at radius 3 is 2.40 bits per heavy atom. The van der Waals surface area contributed by atoms with E-state index < -0.39 is 17.8 Å². The molecule has 1 aliphatic heterocycles. The maximum absolute atomic E-state index is 13.1. The lowest BCUT2D eigenvalue weighted by atomic mass is 10.1. The van der Waals surface area contributed by atoms with Crippen LogP contribution in [0, 0.1) is 3.57 Å². The number of rotatable bonds is 3. The second-order valence-electron chi connectivity index (χ2n) is 6.31. The third-order valence-corrected chi connectivity index (χ3v) is 5.98. The van der Waals surface area contributed by atoms with Crippen LogP contribution in [0.3, 0.4) is 0 Å². The number of aromatic nitrogens is 1. The third kappa shape index (κ3) is 3.76. The van der Waals surface area contributed by atoms with Crippen LogP contribution in [0.5, 0.6) is 0 Å². The third-order valence-electron chi connectivity index (χ3n) is 4.45. The molecule has 0 saturated carbocycles. The van der Waals surface area contributed by atoms with Crippen molar-refractivity contribution in [3.8, 4) is 5.69 Å². The van der Waals surface area contributed by atoms with Crippen molar-refractivity contribution in [1.29, 1.82) is 0 Å². The molecule has 0 aliphatic carbocycles. The van der Waals surface area contributed by atoms with Crippen LogP contribution >= 0.6 is 45.8 Å². The molecule has 1 aliphatic rings. The summed E-state index contributed by atoms with van der Waals surface area (Å²) in [5.41, 5.74) is 1.36. The first kappa shape index (κ1) is 20.6. The van der Waals surface area contributed by atoms with E-state index in [-0.39, 0.29) is 21.3 Å². The number of carbonyl (C=O) groups is 3. The number of benzene rings is 2. The Balaban J connectivity index is 1.77. The average Bonchev–Trinajstić information content (AvgIpc) is 3.17. The molecule has 2 heterocycles. The van der Waals surface area contributed by atoms with Gasteiger partial charge in [0.05, 0.1) is 15.7 Å². The molecule has 2 aromatic carbocycles. The molecule has 150 valence electrons. The van der Waals surface area contributed by atoms with Gasteiger partial charge >= 0.3 is 6.03 Å². The topological polar surface area (TPSA) is 71.4 Å². The Morgan fingerprint density at radius 1 is 0.933 bits per heavy atom. The largest absolute Gasteiger partial charge is 0.336 e. The molecular weight excluding hydrogens is 540 g/mol. The van der Waals surface area contributed by atoms with Gasteiger partial charge in [-0.05, 0) is 77.2 Å².